The molecule has 2 amide bonds. The predicted octanol–water partition coefficient (Wildman–Crippen LogP) is 1.64. The highest BCUT2D eigenvalue weighted by molar-refractivity contribution is 14.1. The Labute approximate surface area is 304 Å². The number of carbonyl (C=O) groups is 2. The number of aryl methyl sites for hydroxylation is 2. The summed E-state index contributed by atoms with van der Waals surface area (Å²) in [5, 5.41) is 5.27. The van der Waals surface area contributed by atoms with Crippen LogP contribution in [0.5, 0.6) is 0 Å². The molecule has 0 aliphatic heterocycles. The molecule has 0 radical (unpaired) electrons. The largest absolute Gasteiger partial charge is 0.394 e. The van der Waals surface area contributed by atoms with Gasteiger partial charge in [-0.05, 0) is 98.8 Å². The molecular weight excluding hydrogens is 783 g/mol. The number of hydrogen-bond donors (Lipinski definition) is 6. The van der Waals surface area contributed by atoms with E-state index >= 15 is 0 Å². The van der Waals surface area contributed by atoms with E-state index in [0.29, 0.717) is 35.9 Å². The predicted molar refractivity (Wildman–Crippen MR) is 199 cm³/mol. The van der Waals surface area contributed by atoms with Gasteiger partial charge in [-0.15, -0.1) is 0 Å². The topological polar surface area (TPSA) is 217 Å². The van der Waals surface area contributed by atoms with E-state index in [0.717, 1.165) is 3.57 Å². The number of hydroxylamine groups is 2. The summed E-state index contributed by atoms with van der Waals surface area (Å²) in [5.74, 6) is -0.684. The molecule has 3 aromatic rings. The number of nitrogens with zero attached hydrogens (tertiary/aromatic N) is 2. The highest BCUT2D eigenvalue weighted by Gasteiger charge is 2.18. The summed E-state index contributed by atoms with van der Waals surface area (Å²) in [6, 6.07) is 12.4. The van der Waals surface area contributed by atoms with Gasteiger partial charge in [0.05, 0.1) is 23.8 Å². The van der Waals surface area contributed by atoms with Crippen LogP contribution in [0.2, 0.25) is 0 Å². The number of halogens is 1. The zero-order chi connectivity index (χ0) is 37.4. The van der Waals surface area contributed by atoms with E-state index in [2.05, 4.69) is 62.1 Å². The SMILES string of the molecule is C=C(C)NOCCNC(=O)Cn1c(C)ccc(N)c1=O.C=C(C)NOCCNC(=O)Cn1c(C)ccc(NS(=O)(=O)c2ccc(I)cc2)c1=O. The van der Waals surface area contributed by atoms with Gasteiger partial charge in [0.15, 0.2) is 0 Å². The number of benzene rings is 1. The number of allylic oxidation sites excluding steroid dienone is 2. The van der Waals surface area contributed by atoms with Crippen molar-refractivity contribution in [2.75, 3.05) is 36.8 Å². The maximum absolute atomic E-state index is 12.8. The average Bonchev–Trinajstić information content (AvgIpc) is 3.04. The van der Waals surface area contributed by atoms with Gasteiger partial charge < -0.3 is 25.5 Å². The van der Waals surface area contributed by atoms with Crippen LogP contribution in [0.15, 0.2) is 87.6 Å². The van der Waals surface area contributed by atoms with Gasteiger partial charge in [-0.2, -0.15) is 0 Å². The first-order chi connectivity index (χ1) is 23.5. The van der Waals surface area contributed by atoms with E-state index in [1.54, 1.807) is 52.0 Å². The molecule has 0 aliphatic carbocycles. The first-order valence-electron chi connectivity index (χ1n) is 15.1. The fraction of sp³-hybridized carbons (Fsp3) is 0.312. The van der Waals surface area contributed by atoms with Gasteiger partial charge >= 0.3 is 0 Å². The van der Waals surface area contributed by atoms with Crippen LogP contribution in [0.4, 0.5) is 11.4 Å². The van der Waals surface area contributed by atoms with Gasteiger partial charge in [-0.3, -0.25) is 44.5 Å². The number of carbonyl (C=O) groups excluding carboxylic acids is 2. The number of nitrogens with two attached hydrogens (primary N) is 1. The minimum atomic E-state index is -3.94. The molecule has 0 unspecified atom stereocenters. The van der Waals surface area contributed by atoms with Crippen LogP contribution in [0, 0.1) is 17.4 Å². The van der Waals surface area contributed by atoms with E-state index in [1.165, 1.54) is 33.4 Å². The zero-order valence-corrected chi connectivity index (χ0v) is 31.3. The molecule has 7 N–H and O–H groups in total. The first-order valence-corrected chi connectivity index (χ1v) is 17.6. The van der Waals surface area contributed by atoms with Gasteiger partial charge in [-0.1, -0.05) is 13.2 Å². The Bertz CT molecular complexity index is 1890. The van der Waals surface area contributed by atoms with E-state index < -0.39 is 21.5 Å². The quantitative estimate of drug-likeness (QED) is 0.0654. The minimum Gasteiger partial charge on any atom is -0.394 e. The lowest BCUT2D eigenvalue weighted by Crippen LogP contribution is -2.36. The van der Waals surface area contributed by atoms with Crippen LogP contribution in [0.1, 0.15) is 25.2 Å². The summed E-state index contributed by atoms with van der Waals surface area (Å²) >= 11 is 2.07. The lowest BCUT2D eigenvalue weighted by atomic mass is 10.3. The first kappa shape index (κ1) is 41.5. The molecule has 2 heterocycles. The smallest absolute Gasteiger partial charge is 0.275 e. The maximum atomic E-state index is 12.8. The number of nitrogens with one attached hydrogen (secondary N) is 5. The van der Waals surface area contributed by atoms with Crippen molar-refractivity contribution < 1.29 is 27.7 Å². The second kappa shape index (κ2) is 20.1. The molecule has 0 bridgehead atoms. The van der Waals surface area contributed by atoms with E-state index in [9.17, 15) is 27.6 Å². The molecule has 1 aromatic carbocycles. The number of pyridine rings is 2. The van der Waals surface area contributed by atoms with Crippen molar-refractivity contribution in [2.45, 2.75) is 45.7 Å². The molecule has 0 fully saturated rings. The minimum absolute atomic E-state index is 0.0376. The average molecular weight is 827 g/mol. The number of anilines is 2. The molecule has 50 heavy (non-hydrogen) atoms. The molecule has 18 heteroatoms. The van der Waals surface area contributed by atoms with E-state index in [4.69, 9.17) is 15.4 Å². The fourth-order valence-electron chi connectivity index (χ4n) is 3.88. The lowest BCUT2D eigenvalue weighted by Gasteiger charge is -2.14. The van der Waals surface area contributed by atoms with Crippen LogP contribution in [0.25, 0.3) is 0 Å². The van der Waals surface area contributed by atoms with Crippen LogP contribution in [0.3, 0.4) is 0 Å². The normalized spacial score (nSPS) is 10.7. The number of rotatable bonds is 17. The summed E-state index contributed by atoms with van der Waals surface area (Å²) in [5.41, 5.74) is 12.2. The number of nitrogen functional groups attached to an aromatic ring is 1. The van der Waals surface area contributed by atoms with Gasteiger partial charge in [0, 0.05) is 39.4 Å². The number of sulfonamides is 1. The third-order valence-electron chi connectivity index (χ3n) is 6.33. The molecule has 0 saturated carbocycles. The second-order valence-corrected chi connectivity index (χ2v) is 13.8. The molecule has 0 atom stereocenters. The Morgan fingerprint density at radius 3 is 1.72 bits per heavy atom. The number of amides is 2. The maximum Gasteiger partial charge on any atom is 0.275 e. The Balaban J connectivity index is 0.000000377. The van der Waals surface area contributed by atoms with Gasteiger partial charge in [0.1, 0.15) is 18.8 Å². The molecular formula is C32H43IN8O8S. The number of aromatic nitrogens is 2. The third-order valence-corrected chi connectivity index (χ3v) is 8.43. The monoisotopic (exact) mass is 826 g/mol. The molecule has 3 rings (SSSR count). The van der Waals surface area contributed by atoms with E-state index in [1.807, 2.05) is 0 Å². The Hall–Kier alpha value is -4.66. The molecule has 272 valence electrons. The second-order valence-electron chi connectivity index (χ2n) is 10.8. The summed E-state index contributed by atoms with van der Waals surface area (Å²) < 4.78 is 30.9. The Morgan fingerprint density at radius 2 is 1.24 bits per heavy atom. The molecule has 16 nitrogen and oxygen atoms in total. The van der Waals surface area contributed by atoms with Gasteiger partial charge in [-0.25, -0.2) is 8.42 Å². The Morgan fingerprint density at radius 1 is 0.780 bits per heavy atom. The van der Waals surface area contributed by atoms with Crippen LogP contribution in [-0.2, 0) is 42.4 Å². The van der Waals surface area contributed by atoms with Crippen molar-refractivity contribution in [3.63, 3.8) is 0 Å². The molecule has 0 spiro atoms. The summed E-state index contributed by atoms with van der Waals surface area (Å²) in [6.45, 7) is 14.8. The highest BCUT2D eigenvalue weighted by atomic mass is 127. The number of hydrogen-bond acceptors (Lipinski definition) is 11. The Kier molecular flexibility index (Phi) is 16.7. The van der Waals surface area contributed by atoms with Gasteiger partial charge in [0.25, 0.3) is 21.1 Å². The van der Waals surface area contributed by atoms with Crippen LogP contribution in [-0.4, -0.2) is 55.7 Å². The van der Waals surface area contributed by atoms with E-state index in [-0.39, 0.29) is 54.0 Å². The van der Waals surface area contributed by atoms with Crippen molar-refractivity contribution in [3.05, 3.63) is 109 Å². The van der Waals surface area contributed by atoms with Crippen molar-refractivity contribution in [3.8, 4) is 0 Å². The van der Waals surface area contributed by atoms with Crippen molar-refractivity contribution >= 4 is 55.8 Å². The third kappa shape index (κ3) is 14.1. The van der Waals surface area contributed by atoms with Crippen molar-refractivity contribution in [1.29, 1.82) is 0 Å². The zero-order valence-electron chi connectivity index (χ0n) is 28.3. The van der Waals surface area contributed by atoms with Crippen molar-refractivity contribution in [1.82, 2.24) is 30.7 Å². The summed E-state index contributed by atoms with van der Waals surface area (Å²) in [6.07, 6.45) is 0. The lowest BCUT2D eigenvalue weighted by molar-refractivity contribution is -0.122. The van der Waals surface area contributed by atoms with Crippen LogP contribution < -0.4 is 43.2 Å². The van der Waals surface area contributed by atoms with Gasteiger partial charge in [0.2, 0.25) is 11.8 Å². The molecule has 2 aromatic heterocycles. The van der Waals surface area contributed by atoms with Crippen molar-refractivity contribution in [2.24, 2.45) is 0 Å². The highest BCUT2D eigenvalue weighted by Crippen LogP contribution is 2.16. The standard InChI is InChI=1S/C19H23IN4O5S.C13H20N4O3/c1-13(2)22-29-11-10-21-18(25)12-24-14(3)4-9-17(19(24)26)23-30(27,28)16-7-5-15(20)6-8-16;1-9(2)16-20-7-6-15-12(18)8-17-10(3)4-5-11(14)13(17)19/h4-9,22-23H,1,10-12H2,2-3H3,(H,21,25);4-5,16H,1,6-8,14H2,2-3H3,(H,15,18). The molecule has 0 saturated heterocycles. The summed E-state index contributed by atoms with van der Waals surface area (Å²) in [7, 11) is -3.94. The fourth-order valence-corrected chi connectivity index (χ4v) is 5.29. The molecule has 0 aliphatic rings. The van der Waals surface area contributed by atoms with Crippen LogP contribution >= 0.6 is 22.6 Å². The summed E-state index contributed by atoms with van der Waals surface area (Å²) in [4.78, 5) is 58.5.